The van der Waals surface area contributed by atoms with Crippen molar-refractivity contribution in [2.45, 2.75) is 120 Å². The topological polar surface area (TPSA) is 154 Å². The van der Waals surface area contributed by atoms with Crippen molar-refractivity contribution in [3.63, 3.8) is 0 Å². The van der Waals surface area contributed by atoms with Gasteiger partial charge in [-0.25, -0.2) is 0 Å². The van der Waals surface area contributed by atoms with Gasteiger partial charge in [0.05, 0.1) is 6.04 Å². The van der Waals surface area contributed by atoms with E-state index in [0.717, 1.165) is 44.9 Å². The molecule has 3 aliphatic carbocycles. The lowest BCUT2D eigenvalue weighted by Gasteiger charge is -2.36. The number of fused-ring (bicyclic) bond motifs is 1. The Bertz CT molecular complexity index is 1170. The predicted molar refractivity (Wildman–Crippen MR) is 154 cm³/mol. The molecule has 45 heavy (non-hydrogen) atoms. The number of alkyl halides is 3. The Kier molecular flexibility index (Phi) is 10.4. The maximum absolute atomic E-state index is 14.1. The normalized spacial score (nSPS) is 28.7. The molecule has 14 heteroatoms. The zero-order chi connectivity index (χ0) is 32.3. The Labute approximate surface area is 260 Å². The van der Waals surface area contributed by atoms with E-state index in [1.165, 1.54) is 4.90 Å². The van der Waals surface area contributed by atoms with Crippen LogP contribution in [0.1, 0.15) is 89.9 Å². The summed E-state index contributed by atoms with van der Waals surface area (Å²) in [4.78, 5) is 80.3. The van der Waals surface area contributed by atoms with Gasteiger partial charge >= 0.3 is 12.1 Å². The third-order valence-corrected chi connectivity index (χ3v) is 10.6. The minimum Gasteiger partial charge on any atom is -0.356 e. The van der Waals surface area contributed by atoms with Gasteiger partial charge in [-0.15, -0.1) is 0 Å². The number of halogens is 3. The Morgan fingerprint density at radius 2 is 1.56 bits per heavy atom. The molecular formula is C31H44F3N5O6. The van der Waals surface area contributed by atoms with Gasteiger partial charge in [0.2, 0.25) is 23.5 Å². The summed E-state index contributed by atoms with van der Waals surface area (Å²) in [6, 6.07) is -3.97. The molecule has 0 radical (unpaired) electrons. The maximum atomic E-state index is 14.1. The maximum Gasteiger partial charge on any atom is 0.471 e. The average molecular weight is 640 g/mol. The van der Waals surface area contributed by atoms with Crippen LogP contribution < -0.4 is 21.3 Å². The molecule has 5 rings (SSSR count). The van der Waals surface area contributed by atoms with E-state index >= 15 is 0 Å². The average Bonchev–Trinajstić information content (AvgIpc) is 3.81. The fourth-order valence-corrected chi connectivity index (χ4v) is 8.25. The summed E-state index contributed by atoms with van der Waals surface area (Å²) in [5.41, 5.74) is 0. The molecule has 2 heterocycles. The van der Waals surface area contributed by atoms with Gasteiger partial charge in [0.25, 0.3) is 5.91 Å². The number of hydrogen-bond donors (Lipinski definition) is 4. The second-order valence-corrected chi connectivity index (χ2v) is 13.5. The molecular weight excluding hydrogens is 595 g/mol. The van der Waals surface area contributed by atoms with Crippen LogP contribution in [0.5, 0.6) is 0 Å². The van der Waals surface area contributed by atoms with E-state index in [1.54, 1.807) is 0 Å². The highest BCUT2D eigenvalue weighted by molar-refractivity contribution is 6.38. The molecule has 0 spiro atoms. The molecule has 2 saturated heterocycles. The molecule has 0 aromatic heterocycles. The lowest BCUT2D eigenvalue weighted by atomic mass is 9.83. The van der Waals surface area contributed by atoms with Gasteiger partial charge in [0.15, 0.2) is 0 Å². The van der Waals surface area contributed by atoms with E-state index < -0.39 is 65.5 Å². The quantitative estimate of drug-likeness (QED) is 0.268. The van der Waals surface area contributed by atoms with Crippen molar-refractivity contribution in [3.05, 3.63) is 0 Å². The van der Waals surface area contributed by atoms with E-state index in [2.05, 4.69) is 16.0 Å². The number of amides is 5. The largest absolute Gasteiger partial charge is 0.471 e. The Morgan fingerprint density at radius 1 is 0.867 bits per heavy atom. The lowest BCUT2D eigenvalue weighted by molar-refractivity contribution is -0.175. The summed E-state index contributed by atoms with van der Waals surface area (Å²) in [6.07, 6.45) is 3.94. The first-order valence-corrected chi connectivity index (χ1v) is 16.5. The van der Waals surface area contributed by atoms with Crippen LogP contribution >= 0.6 is 0 Å². The molecule has 250 valence electrons. The smallest absolute Gasteiger partial charge is 0.356 e. The first-order valence-electron chi connectivity index (χ1n) is 16.5. The van der Waals surface area contributed by atoms with E-state index in [9.17, 15) is 41.9 Å². The van der Waals surface area contributed by atoms with E-state index in [1.807, 2.05) is 5.32 Å². The minimum absolute atomic E-state index is 0.0598. The molecule has 0 bridgehead atoms. The Balaban J connectivity index is 1.37. The summed E-state index contributed by atoms with van der Waals surface area (Å²) in [7, 11) is 0. The number of nitrogens with zero attached hydrogens (tertiary/aromatic N) is 1. The fourth-order valence-electron chi connectivity index (χ4n) is 8.25. The van der Waals surface area contributed by atoms with Crippen LogP contribution in [-0.4, -0.2) is 83.7 Å². The molecule has 2 aliphatic heterocycles. The van der Waals surface area contributed by atoms with E-state index in [4.69, 9.17) is 0 Å². The molecule has 5 aliphatic rings. The number of Topliss-reactive ketones (excluding diaryl/α,β-unsaturated/α-hetero) is 1. The molecule has 11 nitrogen and oxygen atoms in total. The number of nitrogens with one attached hydrogen (secondary N) is 4. The summed E-state index contributed by atoms with van der Waals surface area (Å²) in [6.45, 7) is 0.562. The van der Waals surface area contributed by atoms with Crippen LogP contribution in [0.3, 0.4) is 0 Å². The van der Waals surface area contributed by atoms with Crippen molar-refractivity contribution in [1.82, 2.24) is 26.2 Å². The number of ketones is 1. The zero-order valence-electron chi connectivity index (χ0n) is 25.5. The monoisotopic (exact) mass is 639 g/mol. The van der Waals surface area contributed by atoms with Gasteiger partial charge in [0.1, 0.15) is 12.1 Å². The molecule has 6 unspecified atom stereocenters. The Hall–Kier alpha value is -3.19. The number of hydrogen-bond acceptors (Lipinski definition) is 6. The van der Waals surface area contributed by atoms with Gasteiger partial charge in [-0.05, 0) is 69.1 Å². The van der Waals surface area contributed by atoms with Crippen molar-refractivity contribution >= 4 is 35.3 Å². The summed E-state index contributed by atoms with van der Waals surface area (Å²) < 4.78 is 40.0. The second-order valence-electron chi connectivity index (χ2n) is 13.5. The number of carbonyl (C=O) groups is 6. The molecule has 5 amide bonds. The van der Waals surface area contributed by atoms with Gasteiger partial charge < -0.3 is 26.2 Å². The third kappa shape index (κ3) is 7.62. The number of rotatable bonds is 10. The first kappa shape index (κ1) is 33.2. The molecule has 4 N–H and O–H groups in total. The Morgan fingerprint density at radius 3 is 2.20 bits per heavy atom. The van der Waals surface area contributed by atoms with Crippen molar-refractivity contribution in [1.29, 1.82) is 0 Å². The van der Waals surface area contributed by atoms with Gasteiger partial charge in [-0.2, -0.15) is 13.2 Å². The lowest BCUT2D eigenvalue weighted by Crippen LogP contribution is -2.60. The summed E-state index contributed by atoms with van der Waals surface area (Å²) in [5.74, 6) is -7.01. The predicted octanol–water partition coefficient (Wildman–Crippen LogP) is 1.88. The number of likely N-dealkylation sites (tertiary alicyclic amines) is 1. The minimum atomic E-state index is -5.18. The SMILES string of the molecule is O=C(NC1CCCC1)C(=O)C(CC1CCNC1=O)NC(=O)C1C2CCCC2CN1C(=O)C(NC(=O)C(F)(F)F)C1CCCCC1. The second kappa shape index (κ2) is 14.1. The number of carbonyl (C=O) groups excluding carboxylic acids is 6. The summed E-state index contributed by atoms with van der Waals surface area (Å²) >= 11 is 0. The van der Waals surface area contributed by atoms with Crippen molar-refractivity contribution in [2.24, 2.45) is 23.7 Å². The van der Waals surface area contributed by atoms with Gasteiger partial charge in [-0.1, -0.05) is 38.5 Å². The highest BCUT2D eigenvalue weighted by atomic mass is 19.4. The van der Waals surface area contributed by atoms with Crippen molar-refractivity contribution in [3.8, 4) is 0 Å². The highest BCUT2D eigenvalue weighted by Crippen LogP contribution is 2.43. The molecule has 3 saturated carbocycles. The van der Waals surface area contributed by atoms with Crippen LogP contribution in [-0.2, 0) is 28.8 Å². The highest BCUT2D eigenvalue weighted by Gasteiger charge is 2.53. The fraction of sp³-hybridized carbons (Fsp3) is 0.806. The van der Waals surface area contributed by atoms with Gasteiger partial charge in [-0.3, -0.25) is 28.8 Å². The van der Waals surface area contributed by atoms with Gasteiger partial charge in [0, 0.05) is 25.0 Å². The van der Waals surface area contributed by atoms with Crippen LogP contribution in [0.15, 0.2) is 0 Å². The van der Waals surface area contributed by atoms with Crippen LogP contribution in [0, 0.1) is 23.7 Å². The van der Waals surface area contributed by atoms with Crippen LogP contribution in [0.25, 0.3) is 0 Å². The molecule has 6 atom stereocenters. The zero-order valence-corrected chi connectivity index (χ0v) is 25.5. The van der Waals surface area contributed by atoms with E-state index in [-0.39, 0.29) is 36.8 Å². The van der Waals surface area contributed by atoms with Crippen molar-refractivity contribution in [2.75, 3.05) is 13.1 Å². The molecule has 0 aromatic rings. The standard InChI is InChI=1S/C31H44F3N5O6/c32-31(33,34)30(45)38-23(17-7-2-1-3-8-17)29(44)39-16-19-9-6-12-21(19)24(39)27(42)37-22(15-18-13-14-35-26(18)41)25(40)28(43)36-20-10-4-5-11-20/h17-24H,1-16H2,(H,35,41)(H,36,43)(H,37,42)(H,38,45). The molecule has 0 aromatic carbocycles. The van der Waals surface area contributed by atoms with Crippen LogP contribution in [0.2, 0.25) is 0 Å². The summed E-state index contributed by atoms with van der Waals surface area (Å²) in [5, 5.41) is 10.1. The first-order chi connectivity index (χ1) is 21.4. The molecule has 5 fully saturated rings. The van der Waals surface area contributed by atoms with Crippen molar-refractivity contribution < 1.29 is 41.9 Å². The van der Waals surface area contributed by atoms with Crippen LogP contribution in [0.4, 0.5) is 13.2 Å². The third-order valence-electron chi connectivity index (χ3n) is 10.6. The van der Waals surface area contributed by atoms with E-state index in [0.29, 0.717) is 45.1 Å².